The average Bonchev–Trinajstić information content (AvgIpc) is 2.98. The molecule has 0 heterocycles. The standard InChI is InChI=1S/C30H24N4O6/c1-39-23-17-13-21(14-18-23)30(38)40-24-15-11-20(12-16-24)19-31-34-29(37)28(36)33-26-10-6-5-9-25(26)27(35)32-22-7-3-2-4-8-22/h2-19H,1H3,(H,32,35)(H,33,36)(H,34,37)/b31-19+. The van der Waals surface area contributed by atoms with Crippen LogP contribution in [0.2, 0.25) is 0 Å². The molecule has 0 aliphatic rings. The van der Waals surface area contributed by atoms with Gasteiger partial charge in [0.25, 0.3) is 5.91 Å². The summed E-state index contributed by atoms with van der Waals surface area (Å²) in [6.07, 6.45) is 1.32. The number of nitrogens with zero attached hydrogens (tertiary/aromatic N) is 1. The number of carbonyl (C=O) groups is 4. The van der Waals surface area contributed by atoms with Crippen molar-refractivity contribution in [3.8, 4) is 11.5 Å². The molecule has 0 unspecified atom stereocenters. The smallest absolute Gasteiger partial charge is 0.343 e. The fraction of sp³-hybridized carbons (Fsp3) is 0.0333. The van der Waals surface area contributed by atoms with E-state index in [4.69, 9.17) is 9.47 Å². The maximum absolute atomic E-state index is 12.7. The molecule has 0 fully saturated rings. The number of para-hydroxylation sites is 2. The van der Waals surface area contributed by atoms with Crippen LogP contribution < -0.4 is 25.5 Å². The van der Waals surface area contributed by atoms with Crippen molar-refractivity contribution in [3.63, 3.8) is 0 Å². The maximum atomic E-state index is 12.7. The second-order valence-corrected chi connectivity index (χ2v) is 8.21. The summed E-state index contributed by atoms with van der Waals surface area (Å²) in [5, 5.41) is 8.95. The number of esters is 1. The first-order valence-electron chi connectivity index (χ1n) is 12.0. The summed E-state index contributed by atoms with van der Waals surface area (Å²) in [4.78, 5) is 49.6. The highest BCUT2D eigenvalue weighted by Crippen LogP contribution is 2.18. The van der Waals surface area contributed by atoms with Gasteiger partial charge in [-0.05, 0) is 78.4 Å². The third-order valence-corrected chi connectivity index (χ3v) is 5.45. The fourth-order valence-corrected chi connectivity index (χ4v) is 3.42. The van der Waals surface area contributed by atoms with Crippen LogP contribution in [0.25, 0.3) is 0 Å². The van der Waals surface area contributed by atoms with Crippen LogP contribution in [0, 0.1) is 0 Å². The number of rotatable bonds is 8. The van der Waals surface area contributed by atoms with Crippen molar-refractivity contribution in [2.75, 3.05) is 17.7 Å². The summed E-state index contributed by atoms with van der Waals surface area (Å²) in [5.41, 5.74) is 4.02. The minimum Gasteiger partial charge on any atom is -0.497 e. The highest BCUT2D eigenvalue weighted by atomic mass is 16.5. The molecule has 0 bridgehead atoms. The first-order chi connectivity index (χ1) is 19.4. The zero-order chi connectivity index (χ0) is 28.3. The quantitative estimate of drug-likeness (QED) is 0.101. The molecule has 3 N–H and O–H groups in total. The number of ether oxygens (including phenoxy) is 2. The van der Waals surface area contributed by atoms with E-state index in [1.807, 2.05) is 6.07 Å². The Morgan fingerprint density at radius 1 is 0.700 bits per heavy atom. The number of nitrogens with one attached hydrogen (secondary N) is 3. The summed E-state index contributed by atoms with van der Waals surface area (Å²) >= 11 is 0. The maximum Gasteiger partial charge on any atom is 0.343 e. The highest BCUT2D eigenvalue weighted by molar-refractivity contribution is 6.40. The summed E-state index contributed by atoms with van der Waals surface area (Å²) in [6, 6.07) is 28.0. The summed E-state index contributed by atoms with van der Waals surface area (Å²) in [5.74, 6) is -2.06. The van der Waals surface area contributed by atoms with Crippen LogP contribution in [0.15, 0.2) is 108 Å². The predicted molar refractivity (Wildman–Crippen MR) is 150 cm³/mol. The van der Waals surface area contributed by atoms with Gasteiger partial charge in [-0.15, -0.1) is 0 Å². The second kappa shape index (κ2) is 13.2. The van der Waals surface area contributed by atoms with E-state index >= 15 is 0 Å². The van der Waals surface area contributed by atoms with Crippen molar-refractivity contribution in [3.05, 3.63) is 120 Å². The third-order valence-electron chi connectivity index (χ3n) is 5.45. The molecule has 0 spiro atoms. The molecule has 3 amide bonds. The molecular formula is C30H24N4O6. The molecule has 10 nitrogen and oxygen atoms in total. The van der Waals surface area contributed by atoms with Crippen LogP contribution in [0.4, 0.5) is 11.4 Å². The van der Waals surface area contributed by atoms with E-state index < -0.39 is 23.7 Å². The van der Waals surface area contributed by atoms with Crippen LogP contribution in [-0.2, 0) is 9.59 Å². The Labute approximate surface area is 229 Å². The molecule has 4 aromatic rings. The number of anilines is 2. The van der Waals surface area contributed by atoms with Gasteiger partial charge in [0.1, 0.15) is 11.5 Å². The largest absolute Gasteiger partial charge is 0.497 e. The van der Waals surface area contributed by atoms with Crippen LogP contribution >= 0.6 is 0 Å². The number of amides is 3. The number of hydrogen-bond donors (Lipinski definition) is 3. The lowest BCUT2D eigenvalue weighted by Gasteiger charge is -2.11. The van der Waals surface area contributed by atoms with Gasteiger partial charge in [-0.25, -0.2) is 10.2 Å². The Morgan fingerprint density at radius 3 is 2.05 bits per heavy atom. The van der Waals surface area contributed by atoms with Gasteiger partial charge in [-0.1, -0.05) is 30.3 Å². The lowest BCUT2D eigenvalue weighted by atomic mass is 10.1. The number of methoxy groups -OCH3 is 1. The molecular weight excluding hydrogens is 512 g/mol. The molecule has 4 rings (SSSR count). The van der Waals surface area contributed by atoms with E-state index in [0.717, 1.165) is 0 Å². The molecule has 0 radical (unpaired) electrons. The molecule has 40 heavy (non-hydrogen) atoms. The van der Waals surface area contributed by atoms with Crippen LogP contribution in [0.5, 0.6) is 11.5 Å². The molecule has 0 aliphatic heterocycles. The topological polar surface area (TPSA) is 135 Å². The summed E-state index contributed by atoms with van der Waals surface area (Å²) in [7, 11) is 1.54. The van der Waals surface area contributed by atoms with E-state index in [9.17, 15) is 19.2 Å². The van der Waals surface area contributed by atoms with Crippen LogP contribution in [0.3, 0.4) is 0 Å². The molecule has 0 atom stereocenters. The van der Waals surface area contributed by atoms with Gasteiger partial charge in [0.05, 0.1) is 30.1 Å². The minimum atomic E-state index is -1.03. The Morgan fingerprint density at radius 2 is 1.35 bits per heavy atom. The Hall–Kier alpha value is -5.77. The molecule has 0 aliphatic carbocycles. The van der Waals surface area contributed by atoms with Crippen molar-refractivity contribution in [2.45, 2.75) is 0 Å². The highest BCUT2D eigenvalue weighted by Gasteiger charge is 2.18. The summed E-state index contributed by atoms with van der Waals surface area (Å²) in [6.45, 7) is 0. The Bertz CT molecular complexity index is 1530. The van der Waals surface area contributed by atoms with Crippen molar-refractivity contribution in [1.82, 2.24) is 5.43 Å². The van der Waals surface area contributed by atoms with Crippen LogP contribution in [-0.4, -0.2) is 37.0 Å². The molecule has 0 aromatic heterocycles. The molecule has 10 heteroatoms. The summed E-state index contributed by atoms with van der Waals surface area (Å²) < 4.78 is 10.4. The molecule has 0 saturated carbocycles. The minimum absolute atomic E-state index is 0.167. The molecule has 200 valence electrons. The van der Waals surface area contributed by atoms with E-state index in [1.54, 1.807) is 84.9 Å². The SMILES string of the molecule is COc1ccc(C(=O)Oc2ccc(/C=N/NC(=O)C(=O)Nc3ccccc3C(=O)Nc3ccccc3)cc2)cc1. The zero-order valence-electron chi connectivity index (χ0n) is 21.3. The van der Waals surface area contributed by atoms with E-state index in [1.165, 1.54) is 25.5 Å². The third kappa shape index (κ3) is 7.39. The van der Waals surface area contributed by atoms with Crippen molar-refractivity contribution in [2.24, 2.45) is 5.10 Å². The number of benzene rings is 4. The van der Waals surface area contributed by atoms with Gasteiger partial charge >= 0.3 is 17.8 Å². The fourth-order valence-electron chi connectivity index (χ4n) is 3.42. The van der Waals surface area contributed by atoms with Gasteiger partial charge in [0.2, 0.25) is 0 Å². The number of carbonyl (C=O) groups excluding carboxylic acids is 4. The van der Waals surface area contributed by atoms with Gasteiger partial charge in [0.15, 0.2) is 0 Å². The monoisotopic (exact) mass is 536 g/mol. The first kappa shape index (κ1) is 27.3. The van der Waals surface area contributed by atoms with E-state index in [0.29, 0.717) is 28.3 Å². The zero-order valence-corrected chi connectivity index (χ0v) is 21.3. The predicted octanol–water partition coefficient (Wildman–Crippen LogP) is 4.26. The van der Waals surface area contributed by atoms with Crippen molar-refractivity contribution in [1.29, 1.82) is 0 Å². The lowest BCUT2D eigenvalue weighted by Crippen LogP contribution is -2.33. The normalized spacial score (nSPS) is 10.4. The van der Waals surface area contributed by atoms with Crippen molar-refractivity contribution < 1.29 is 28.7 Å². The van der Waals surface area contributed by atoms with Gasteiger partial charge in [-0.3, -0.25) is 14.4 Å². The Balaban J connectivity index is 1.29. The van der Waals surface area contributed by atoms with Crippen LogP contribution in [0.1, 0.15) is 26.3 Å². The van der Waals surface area contributed by atoms with Crippen molar-refractivity contribution >= 4 is 41.3 Å². The second-order valence-electron chi connectivity index (χ2n) is 8.21. The molecule has 0 saturated heterocycles. The van der Waals surface area contributed by atoms with Gasteiger partial charge in [-0.2, -0.15) is 5.10 Å². The van der Waals surface area contributed by atoms with Gasteiger partial charge in [0, 0.05) is 5.69 Å². The Kier molecular flexibility index (Phi) is 8.97. The van der Waals surface area contributed by atoms with Gasteiger partial charge < -0.3 is 20.1 Å². The average molecular weight is 537 g/mol. The first-order valence-corrected chi connectivity index (χ1v) is 12.0. The van der Waals surface area contributed by atoms with E-state index in [-0.39, 0.29) is 11.3 Å². The number of hydrogen-bond acceptors (Lipinski definition) is 7. The molecule has 4 aromatic carbocycles. The van der Waals surface area contributed by atoms with E-state index in [2.05, 4.69) is 21.2 Å². The lowest BCUT2D eigenvalue weighted by molar-refractivity contribution is -0.136. The number of hydrazone groups is 1.